The van der Waals surface area contributed by atoms with E-state index in [-0.39, 0.29) is 17.6 Å². The number of carbonyl (C=O) groups is 1. The molecule has 2 saturated heterocycles. The van der Waals surface area contributed by atoms with Crippen molar-refractivity contribution in [1.82, 2.24) is 9.21 Å². The van der Waals surface area contributed by atoms with Crippen LogP contribution in [-0.2, 0) is 14.8 Å². The predicted octanol–water partition coefficient (Wildman–Crippen LogP) is -0.359. The summed E-state index contributed by atoms with van der Waals surface area (Å²) in [5, 5.41) is 9.63. The summed E-state index contributed by atoms with van der Waals surface area (Å²) in [6, 6.07) is 0. The summed E-state index contributed by atoms with van der Waals surface area (Å²) in [4.78, 5) is 13.8. The molecule has 19 heavy (non-hydrogen) atoms. The van der Waals surface area contributed by atoms with Crippen LogP contribution in [0.5, 0.6) is 0 Å². The van der Waals surface area contributed by atoms with Crippen LogP contribution in [0.1, 0.15) is 26.7 Å². The van der Waals surface area contributed by atoms with Crippen molar-refractivity contribution in [3.05, 3.63) is 0 Å². The van der Waals surface area contributed by atoms with Gasteiger partial charge in [-0.1, -0.05) is 0 Å². The molecule has 0 aliphatic carbocycles. The number of aliphatic hydroxyl groups is 1. The largest absolute Gasteiger partial charge is 0.386 e. The zero-order valence-corrected chi connectivity index (χ0v) is 12.3. The molecule has 110 valence electrons. The van der Waals surface area contributed by atoms with Gasteiger partial charge in [-0.05, 0) is 26.7 Å². The number of amides is 1. The highest BCUT2D eigenvalue weighted by molar-refractivity contribution is 7.89. The van der Waals surface area contributed by atoms with Gasteiger partial charge in [0, 0.05) is 19.0 Å². The van der Waals surface area contributed by atoms with Crippen molar-refractivity contribution >= 4 is 15.9 Å². The average molecular weight is 290 g/mol. The van der Waals surface area contributed by atoms with E-state index in [0.29, 0.717) is 39.0 Å². The third-order valence-corrected chi connectivity index (χ3v) is 5.82. The molecule has 1 amide bonds. The molecule has 0 unspecified atom stereocenters. The monoisotopic (exact) mass is 290 g/mol. The van der Waals surface area contributed by atoms with Crippen molar-refractivity contribution < 1.29 is 18.3 Å². The SMILES string of the molecule is CCS(=O)(=O)N1CCC(C(=O)N2CC(C)(O)C2)CC1. The molecule has 7 heteroatoms. The molecular weight excluding hydrogens is 268 g/mol. The number of β-amino-alcohol motifs (C(OH)–C–C–N with tert-alkyl or cyclic N) is 1. The first kappa shape index (κ1) is 14.7. The van der Waals surface area contributed by atoms with E-state index < -0.39 is 15.6 Å². The van der Waals surface area contributed by atoms with Crippen LogP contribution in [0.15, 0.2) is 0 Å². The molecule has 0 aromatic heterocycles. The first-order chi connectivity index (χ1) is 8.75. The molecule has 0 aromatic rings. The van der Waals surface area contributed by atoms with Gasteiger partial charge in [-0.2, -0.15) is 0 Å². The molecule has 2 fully saturated rings. The quantitative estimate of drug-likeness (QED) is 0.770. The van der Waals surface area contributed by atoms with Crippen molar-refractivity contribution in [1.29, 1.82) is 0 Å². The molecule has 2 aliphatic heterocycles. The number of piperidine rings is 1. The van der Waals surface area contributed by atoms with Crippen LogP contribution < -0.4 is 0 Å². The maximum Gasteiger partial charge on any atom is 0.225 e. The molecule has 0 spiro atoms. The maximum atomic E-state index is 12.1. The van der Waals surface area contributed by atoms with Crippen molar-refractivity contribution in [2.45, 2.75) is 32.3 Å². The molecule has 0 saturated carbocycles. The van der Waals surface area contributed by atoms with Gasteiger partial charge in [0.2, 0.25) is 15.9 Å². The molecule has 1 N–H and O–H groups in total. The van der Waals surface area contributed by atoms with Crippen LogP contribution >= 0.6 is 0 Å². The highest BCUT2D eigenvalue weighted by Gasteiger charge is 2.42. The molecule has 2 aliphatic rings. The Morgan fingerprint density at radius 3 is 2.26 bits per heavy atom. The Hall–Kier alpha value is -0.660. The van der Waals surface area contributed by atoms with Crippen molar-refractivity contribution in [3.8, 4) is 0 Å². The number of nitrogens with zero attached hydrogens (tertiary/aromatic N) is 2. The van der Waals surface area contributed by atoms with Crippen LogP contribution in [0, 0.1) is 5.92 Å². The molecule has 0 aromatic carbocycles. The molecule has 2 heterocycles. The second-order valence-corrected chi connectivity index (χ2v) is 8.02. The van der Waals surface area contributed by atoms with Gasteiger partial charge in [-0.3, -0.25) is 4.79 Å². The number of hydrogen-bond donors (Lipinski definition) is 1. The normalized spacial score (nSPS) is 25.1. The number of hydrogen-bond acceptors (Lipinski definition) is 4. The fourth-order valence-electron chi connectivity index (χ4n) is 2.75. The topological polar surface area (TPSA) is 77.9 Å². The van der Waals surface area contributed by atoms with Crippen LogP contribution in [0.25, 0.3) is 0 Å². The van der Waals surface area contributed by atoms with E-state index in [9.17, 15) is 18.3 Å². The third-order valence-electron chi connectivity index (χ3n) is 3.94. The van der Waals surface area contributed by atoms with Gasteiger partial charge in [0.1, 0.15) is 0 Å². The second-order valence-electron chi connectivity index (χ2n) is 5.77. The van der Waals surface area contributed by atoms with Crippen molar-refractivity contribution in [2.75, 3.05) is 31.9 Å². The van der Waals surface area contributed by atoms with E-state index in [2.05, 4.69) is 0 Å². The molecule has 2 rings (SSSR count). The van der Waals surface area contributed by atoms with Gasteiger partial charge < -0.3 is 10.0 Å². The van der Waals surface area contributed by atoms with Crippen molar-refractivity contribution in [3.63, 3.8) is 0 Å². The summed E-state index contributed by atoms with van der Waals surface area (Å²) >= 11 is 0. The summed E-state index contributed by atoms with van der Waals surface area (Å²) in [5.74, 6) is 0.0696. The van der Waals surface area contributed by atoms with E-state index in [4.69, 9.17) is 0 Å². The standard InChI is InChI=1S/C12H22N2O4S/c1-3-19(17,18)14-6-4-10(5-7-14)11(15)13-8-12(2,16)9-13/h10,16H,3-9H2,1-2H3. The van der Waals surface area contributed by atoms with Crippen LogP contribution in [-0.4, -0.2) is 66.2 Å². The Morgan fingerprint density at radius 1 is 1.32 bits per heavy atom. The Kier molecular flexibility index (Phi) is 3.90. The summed E-state index contributed by atoms with van der Waals surface area (Å²) in [6.07, 6.45) is 1.16. The zero-order chi connectivity index (χ0) is 14.3. The van der Waals surface area contributed by atoms with E-state index >= 15 is 0 Å². The third kappa shape index (κ3) is 3.09. The molecular formula is C12H22N2O4S. The Bertz CT molecular complexity index is 444. The number of likely N-dealkylation sites (tertiary alicyclic amines) is 1. The molecule has 0 radical (unpaired) electrons. The van der Waals surface area contributed by atoms with Gasteiger partial charge in [-0.25, -0.2) is 12.7 Å². The van der Waals surface area contributed by atoms with Gasteiger partial charge in [0.15, 0.2) is 0 Å². The molecule has 6 nitrogen and oxygen atoms in total. The van der Waals surface area contributed by atoms with Gasteiger partial charge in [-0.15, -0.1) is 0 Å². The summed E-state index contributed by atoms with van der Waals surface area (Å²) in [6.45, 7) is 4.98. The average Bonchev–Trinajstić information content (AvgIpc) is 2.35. The number of carbonyl (C=O) groups excluding carboxylic acids is 1. The lowest BCUT2D eigenvalue weighted by Crippen LogP contribution is -2.63. The van der Waals surface area contributed by atoms with E-state index in [1.54, 1.807) is 18.7 Å². The minimum absolute atomic E-state index is 0.0556. The highest BCUT2D eigenvalue weighted by atomic mass is 32.2. The van der Waals surface area contributed by atoms with Gasteiger partial charge in [0.05, 0.1) is 24.4 Å². The highest BCUT2D eigenvalue weighted by Crippen LogP contribution is 2.27. The minimum atomic E-state index is -3.13. The van der Waals surface area contributed by atoms with Crippen LogP contribution in [0.3, 0.4) is 0 Å². The van der Waals surface area contributed by atoms with Crippen molar-refractivity contribution in [2.24, 2.45) is 5.92 Å². The lowest BCUT2D eigenvalue weighted by atomic mass is 9.91. The molecule has 0 bridgehead atoms. The Labute approximate surface area is 114 Å². The van der Waals surface area contributed by atoms with Crippen LogP contribution in [0.4, 0.5) is 0 Å². The lowest BCUT2D eigenvalue weighted by molar-refractivity contribution is -0.157. The smallest absolute Gasteiger partial charge is 0.225 e. The Morgan fingerprint density at radius 2 is 1.84 bits per heavy atom. The number of rotatable bonds is 3. The lowest BCUT2D eigenvalue weighted by Gasteiger charge is -2.46. The van der Waals surface area contributed by atoms with Gasteiger partial charge in [0.25, 0.3) is 0 Å². The molecule has 0 atom stereocenters. The first-order valence-corrected chi connectivity index (χ1v) is 8.35. The minimum Gasteiger partial charge on any atom is -0.386 e. The fourth-order valence-corrected chi connectivity index (χ4v) is 3.89. The number of sulfonamides is 1. The Balaban J connectivity index is 1.86. The first-order valence-electron chi connectivity index (χ1n) is 6.74. The van der Waals surface area contributed by atoms with Crippen LogP contribution in [0.2, 0.25) is 0 Å². The second kappa shape index (κ2) is 5.03. The van der Waals surface area contributed by atoms with E-state index in [1.165, 1.54) is 4.31 Å². The maximum absolute atomic E-state index is 12.1. The zero-order valence-electron chi connectivity index (χ0n) is 11.5. The predicted molar refractivity (Wildman–Crippen MR) is 71.0 cm³/mol. The fraction of sp³-hybridized carbons (Fsp3) is 0.917. The summed E-state index contributed by atoms with van der Waals surface area (Å²) in [7, 11) is -3.13. The van der Waals surface area contributed by atoms with E-state index in [0.717, 1.165) is 0 Å². The summed E-state index contributed by atoms with van der Waals surface area (Å²) in [5.41, 5.74) is -0.748. The summed E-state index contributed by atoms with van der Waals surface area (Å²) < 4.78 is 24.9. The van der Waals surface area contributed by atoms with Gasteiger partial charge >= 0.3 is 0 Å². The van der Waals surface area contributed by atoms with E-state index in [1.807, 2.05) is 0 Å².